The predicted molar refractivity (Wildman–Crippen MR) is 94.3 cm³/mol. The van der Waals surface area contributed by atoms with Crippen LogP contribution in [-0.4, -0.2) is 48.9 Å². The summed E-state index contributed by atoms with van der Waals surface area (Å²) in [6, 6.07) is 4.11. The molecule has 0 aliphatic carbocycles. The number of benzene rings is 1. The van der Waals surface area contributed by atoms with Crippen LogP contribution >= 0.6 is 15.9 Å². The van der Waals surface area contributed by atoms with Crippen molar-refractivity contribution in [1.82, 2.24) is 15.5 Å². The fourth-order valence-corrected chi connectivity index (χ4v) is 3.23. The first-order chi connectivity index (χ1) is 11.5. The van der Waals surface area contributed by atoms with Gasteiger partial charge in [0.25, 0.3) is 5.91 Å². The minimum atomic E-state index is -0.381. The van der Waals surface area contributed by atoms with Crippen molar-refractivity contribution in [2.24, 2.45) is 0 Å². The lowest BCUT2D eigenvalue weighted by molar-refractivity contribution is -0.122. The predicted octanol–water partition coefficient (Wildman–Crippen LogP) is 2.31. The molecule has 0 radical (unpaired) electrons. The second-order valence-electron chi connectivity index (χ2n) is 6.00. The Morgan fingerprint density at radius 1 is 1.33 bits per heavy atom. The summed E-state index contributed by atoms with van der Waals surface area (Å²) >= 11 is 3.22. The van der Waals surface area contributed by atoms with E-state index >= 15 is 0 Å². The zero-order valence-electron chi connectivity index (χ0n) is 13.8. The molecule has 0 saturated carbocycles. The smallest absolute Gasteiger partial charge is 0.252 e. The molecule has 1 aliphatic heterocycles. The average Bonchev–Trinajstić information content (AvgIpc) is 2.54. The van der Waals surface area contributed by atoms with Gasteiger partial charge in [0.05, 0.1) is 12.1 Å². The molecule has 24 heavy (non-hydrogen) atoms. The van der Waals surface area contributed by atoms with Gasteiger partial charge in [0.1, 0.15) is 5.82 Å². The molecule has 1 heterocycles. The third-order valence-electron chi connectivity index (χ3n) is 4.04. The number of piperidine rings is 1. The summed E-state index contributed by atoms with van der Waals surface area (Å²) in [5.74, 6) is -0.538. The van der Waals surface area contributed by atoms with E-state index < -0.39 is 0 Å². The molecule has 0 unspecified atom stereocenters. The summed E-state index contributed by atoms with van der Waals surface area (Å²) in [5.41, 5.74) is 0.428. The third-order valence-corrected chi connectivity index (χ3v) is 4.69. The molecule has 7 heteroatoms. The normalized spacial score (nSPS) is 16.0. The SMILES string of the molecule is CCCNC(=O)CN1CCC(NC(=O)c2ccc(F)cc2Br)CC1. The molecule has 2 rings (SSSR count). The maximum absolute atomic E-state index is 13.1. The highest BCUT2D eigenvalue weighted by atomic mass is 79.9. The lowest BCUT2D eigenvalue weighted by atomic mass is 10.0. The van der Waals surface area contributed by atoms with Crippen LogP contribution in [0.25, 0.3) is 0 Å². The van der Waals surface area contributed by atoms with E-state index in [1.54, 1.807) is 0 Å². The highest BCUT2D eigenvalue weighted by Gasteiger charge is 2.23. The van der Waals surface area contributed by atoms with Gasteiger partial charge in [-0.1, -0.05) is 6.92 Å². The van der Waals surface area contributed by atoms with Crippen LogP contribution in [0.1, 0.15) is 36.5 Å². The lowest BCUT2D eigenvalue weighted by Gasteiger charge is -2.31. The topological polar surface area (TPSA) is 61.4 Å². The van der Waals surface area contributed by atoms with Crippen LogP contribution in [0.2, 0.25) is 0 Å². The number of nitrogens with zero attached hydrogens (tertiary/aromatic N) is 1. The van der Waals surface area contributed by atoms with Crippen LogP contribution in [0, 0.1) is 5.82 Å². The molecule has 1 aromatic rings. The zero-order valence-corrected chi connectivity index (χ0v) is 15.4. The zero-order chi connectivity index (χ0) is 17.5. The fourth-order valence-electron chi connectivity index (χ4n) is 2.70. The Morgan fingerprint density at radius 3 is 2.67 bits per heavy atom. The van der Waals surface area contributed by atoms with Crippen molar-refractivity contribution in [3.05, 3.63) is 34.1 Å². The highest BCUT2D eigenvalue weighted by molar-refractivity contribution is 9.10. The van der Waals surface area contributed by atoms with Gasteiger partial charge in [0.15, 0.2) is 0 Å². The van der Waals surface area contributed by atoms with E-state index in [1.165, 1.54) is 18.2 Å². The van der Waals surface area contributed by atoms with Gasteiger partial charge < -0.3 is 10.6 Å². The number of nitrogens with one attached hydrogen (secondary N) is 2. The molecule has 0 atom stereocenters. The van der Waals surface area contributed by atoms with Gasteiger partial charge in [-0.25, -0.2) is 4.39 Å². The first kappa shape index (κ1) is 18.9. The monoisotopic (exact) mass is 399 g/mol. The summed E-state index contributed by atoms with van der Waals surface area (Å²) in [5, 5.41) is 5.85. The maximum atomic E-state index is 13.1. The van der Waals surface area contributed by atoms with Crippen LogP contribution < -0.4 is 10.6 Å². The Kier molecular flexibility index (Phi) is 7.17. The van der Waals surface area contributed by atoms with Gasteiger partial charge >= 0.3 is 0 Å². The van der Waals surface area contributed by atoms with Crippen molar-refractivity contribution in [3.63, 3.8) is 0 Å². The van der Waals surface area contributed by atoms with E-state index in [1.807, 2.05) is 6.92 Å². The number of amides is 2. The molecule has 2 N–H and O–H groups in total. The number of carbonyl (C=O) groups is 2. The Balaban J connectivity index is 1.78. The molecular weight excluding hydrogens is 377 g/mol. The molecule has 5 nitrogen and oxygen atoms in total. The lowest BCUT2D eigenvalue weighted by Crippen LogP contribution is -2.47. The molecule has 1 saturated heterocycles. The second-order valence-corrected chi connectivity index (χ2v) is 6.85. The minimum absolute atomic E-state index is 0.0505. The van der Waals surface area contributed by atoms with Crippen molar-refractivity contribution in [3.8, 4) is 0 Å². The maximum Gasteiger partial charge on any atom is 0.252 e. The van der Waals surface area contributed by atoms with Gasteiger partial charge in [-0.05, 0) is 53.4 Å². The van der Waals surface area contributed by atoms with Gasteiger partial charge in [-0.15, -0.1) is 0 Å². The van der Waals surface area contributed by atoms with Crippen LogP contribution in [0.4, 0.5) is 4.39 Å². The van der Waals surface area contributed by atoms with Gasteiger partial charge in [-0.2, -0.15) is 0 Å². The van der Waals surface area contributed by atoms with Crippen molar-refractivity contribution >= 4 is 27.7 Å². The van der Waals surface area contributed by atoms with Crippen molar-refractivity contribution in [2.75, 3.05) is 26.2 Å². The third kappa shape index (κ3) is 5.56. The Morgan fingerprint density at radius 2 is 2.04 bits per heavy atom. The minimum Gasteiger partial charge on any atom is -0.355 e. The van der Waals surface area contributed by atoms with Crippen LogP contribution in [-0.2, 0) is 4.79 Å². The molecule has 1 aromatic carbocycles. The summed E-state index contributed by atoms with van der Waals surface area (Å²) in [7, 11) is 0. The van der Waals surface area contributed by atoms with E-state index in [-0.39, 0.29) is 23.7 Å². The first-order valence-electron chi connectivity index (χ1n) is 8.24. The quantitative estimate of drug-likeness (QED) is 0.771. The Bertz CT molecular complexity index is 589. The molecular formula is C17H23BrFN3O2. The summed E-state index contributed by atoms with van der Waals surface area (Å²) in [6.07, 6.45) is 2.52. The Labute approximate surface area is 150 Å². The van der Waals surface area contributed by atoms with Crippen LogP contribution in [0.15, 0.2) is 22.7 Å². The largest absolute Gasteiger partial charge is 0.355 e. The fraction of sp³-hybridized carbons (Fsp3) is 0.529. The molecule has 2 amide bonds. The molecule has 1 aliphatic rings. The van der Waals surface area contributed by atoms with E-state index in [0.717, 1.165) is 32.4 Å². The Hall–Kier alpha value is -1.47. The highest BCUT2D eigenvalue weighted by Crippen LogP contribution is 2.19. The number of hydrogen-bond acceptors (Lipinski definition) is 3. The van der Waals surface area contributed by atoms with Crippen molar-refractivity contribution < 1.29 is 14.0 Å². The molecule has 132 valence electrons. The van der Waals surface area contributed by atoms with E-state index in [2.05, 4.69) is 31.5 Å². The summed E-state index contributed by atoms with van der Waals surface area (Å²) in [4.78, 5) is 26.1. The van der Waals surface area contributed by atoms with Crippen LogP contribution in [0.5, 0.6) is 0 Å². The standard InChI is InChI=1S/C17H23BrFN3O2/c1-2-7-20-16(23)11-22-8-5-13(6-9-22)21-17(24)14-4-3-12(19)10-15(14)18/h3-4,10,13H,2,5-9,11H2,1H3,(H,20,23)(H,21,24). The number of rotatable bonds is 6. The number of carbonyl (C=O) groups excluding carboxylic acids is 2. The summed E-state index contributed by atoms with van der Waals surface area (Å²) < 4.78 is 13.5. The number of likely N-dealkylation sites (tertiary alicyclic amines) is 1. The second kappa shape index (κ2) is 9.13. The van der Waals surface area contributed by atoms with Gasteiger partial charge in [-0.3, -0.25) is 14.5 Å². The van der Waals surface area contributed by atoms with Crippen molar-refractivity contribution in [2.45, 2.75) is 32.2 Å². The van der Waals surface area contributed by atoms with Crippen LogP contribution in [0.3, 0.4) is 0 Å². The molecule has 1 fully saturated rings. The number of hydrogen-bond donors (Lipinski definition) is 2. The van der Waals surface area contributed by atoms with Crippen molar-refractivity contribution in [1.29, 1.82) is 0 Å². The van der Waals surface area contributed by atoms with E-state index in [4.69, 9.17) is 0 Å². The first-order valence-corrected chi connectivity index (χ1v) is 9.04. The average molecular weight is 400 g/mol. The number of halogens is 2. The van der Waals surface area contributed by atoms with E-state index in [9.17, 15) is 14.0 Å². The molecule has 0 bridgehead atoms. The molecule has 0 aromatic heterocycles. The van der Waals surface area contributed by atoms with Gasteiger partial charge in [0.2, 0.25) is 5.91 Å². The summed E-state index contributed by atoms with van der Waals surface area (Å²) in [6.45, 7) is 4.68. The van der Waals surface area contributed by atoms with E-state index in [0.29, 0.717) is 23.1 Å². The molecule has 0 spiro atoms. The van der Waals surface area contributed by atoms with Gasteiger partial charge in [0, 0.05) is 30.1 Å².